The van der Waals surface area contributed by atoms with E-state index in [1.54, 1.807) is 6.92 Å². The molecule has 0 aromatic heterocycles. The molecule has 0 bridgehead atoms. The number of rotatable bonds is 6. The molecule has 0 aliphatic carbocycles. The van der Waals surface area contributed by atoms with Gasteiger partial charge < -0.3 is 16.2 Å². The van der Waals surface area contributed by atoms with Crippen molar-refractivity contribution < 1.29 is 14.7 Å². The van der Waals surface area contributed by atoms with Gasteiger partial charge in [0.2, 0.25) is 5.91 Å². The zero-order valence-corrected chi connectivity index (χ0v) is 11.1. The molecule has 0 aromatic rings. The predicted octanol–water partition coefficient (Wildman–Crippen LogP) is 1.12. The van der Waals surface area contributed by atoms with Gasteiger partial charge >= 0.3 is 5.97 Å². The molecule has 0 radical (unpaired) electrons. The lowest BCUT2D eigenvalue weighted by Gasteiger charge is -2.26. The number of carbonyl (C=O) groups is 2. The smallest absolute Gasteiger partial charge is 0.305 e. The standard InChI is InChI=1S/C12H24N2O3/c1-8(13)5-10(15)14-9(6-11(16)17)7-12(2,3)4/h8-9H,5-7,13H2,1-4H3,(H,14,15)(H,16,17). The molecule has 0 spiro atoms. The molecule has 1 amide bonds. The van der Waals surface area contributed by atoms with Crippen LogP contribution in [0.1, 0.15) is 47.0 Å². The minimum absolute atomic E-state index is 0.0261. The number of carboxylic acids is 1. The van der Waals surface area contributed by atoms with Crippen molar-refractivity contribution in [2.75, 3.05) is 0 Å². The van der Waals surface area contributed by atoms with E-state index in [4.69, 9.17) is 10.8 Å². The lowest BCUT2D eigenvalue weighted by Crippen LogP contribution is -2.40. The molecule has 0 heterocycles. The summed E-state index contributed by atoms with van der Waals surface area (Å²) in [4.78, 5) is 22.3. The summed E-state index contributed by atoms with van der Waals surface area (Å²) in [5.74, 6) is -1.09. The third-order valence-electron chi connectivity index (χ3n) is 2.15. The number of nitrogens with two attached hydrogens (primary N) is 1. The quantitative estimate of drug-likeness (QED) is 0.652. The van der Waals surface area contributed by atoms with Crippen molar-refractivity contribution in [1.82, 2.24) is 5.32 Å². The average molecular weight is 244 g/mol. The Hall–Kier alpha value is -1.10. The molecule has 0 aliphatic heterocycles. The molecular weight excluding hydrogens is 220 g/mol. The summed E-state index contributed by atoms with van der Waals surface area (Å²) >= 11 is 0. The summed E-state index contributed by atoms with van der Waals surface area (Å²) in [6, 6.07) is -0.547. The van der Waals surface area contributed by atoms with Crippen molar-refractivity contribution in [2.24, 2.45) is 11.1 Å². The van der Waals surface area contributed by atoms with Crippen LogP contribution in [0, 0.1) is 5.41 Å². The van der Waals surface area contributed by atoms with Crippen LogP contribution >= 0.6 is 0 Å². The fourth-order valence-corrected chi connectivity index (χ4v) is 1.70. The highest BCUT2D eigenvalue weighted by Crippen LogP contribution is 2.22. The second-order valence-electron chi connectivity index (χ2n) is 5.81. The van der Waals surface area contributed by atoms with Crippen molar-refractivity contribution in [1.29, 1.82) is 0 Å². The maximum Gasteiger partial charge on any atom is 0.305 e. The van der Waals surface area contributed by atoms with E-state index in [-0.39, 0.29) is 36.2 Å². The Morgan fingerprint density at radius 1 is 1.29 bits per heavy atom. The molecule has 0 fully saturated rings. The molecule has 2 atom stereocenters. The minimum atomic E-state index is -0.902. The van der Waals surface area contributed by atoms with Gasteiger partial charge in [-0.05, 0) is 18.8 Å². The minimum Gasteiger partial charge on any atom is -0.481 e. The molecule has 100 valence electrons. The Balaban J connectivity index is 4.38. The van der Waals surface area contributed by atoms with Crippen LogP contribution in [-0.2, 0) is 9.59 Å². The third-order valence-corrected chi connectivity index (χ3v) is 2.15. The molecule has 4 N–H and O–H groups in total. The first-order valence-corrected chi connectivity index (χ1v) is 5.87. The van der Waals surface area contributed by atoms with Gasteiger partial charge in [0.15, 0.2) is 0 Å². The molecular formula is C12H24N2O3. The summed E-state index contributed by atoms with van der Waals surface area (Å²) in [6.45, 7) is 7.79. The van der Waals surface area contributed by atoms with E-state index < -0.39 is 5.97 Å². The lowest BCUT2D eigenvalue weighted by molar-refractivity contribution is -0.137. The highest BCUT2D eigenvalue weighted by molar-refractivity contribution is 5.77. The fraction of sp³-hybridized carbons (Fsp3) is 0.833. The average Bonchev–Trinajstić information content (AvgIpc) is 1.95. The second-order valence-corrected chi connectivity index (χ2v) is 5.81. The summed E-state index contributed by atoms with van der Waals surface area (Å²) in [5, 5.41) is 11.5. The van der Waals surface area contributed by atoms with Crippen LogP contribution in [0.25, 0.3) is 0 Å². The van der Waals surface area contributed by atoms with Gasteiger partial charge in [0.25, 0.3) is 0 Å². The highest BCUT2D eigenvalue weighted by Gasteiger charge is 2.22. The number of amides is 1. The summed E-state index contributed by atoms with van der Waals surface area (Å²) in [5.41, 5.74) is 5.49. The maximum absolute atomic E-state index is 11.5. The first-order chi connectivity index (χ1) is 7.60. The van der Waals surface area contributed by atoms with Crippen LogP contribution < -0.4 is 11.1 Å². The van der Waals surface area contributed by atoms with Gasteiger partial charge in [-0.15, -0.1) is 0 Å². The second kappa shape index (κ2) is 6.59. The SMILES string of the molecule is CC(N)CC(=O)NC(CC(=O)O)CC(C)(C)C. The Bertz CT molecular complexity index is 269. The molecule has 0 saturated heterocycles. The summed E-state index contributed by atoms with van der Waals surface area (Å²) in [7, 11) is 0. The summed E-state index contributed by atoms with van der Waals surface area (Å²) < 4.78 is 0. The maximum atomic E-state index is 11.5. The molecule has 0 aliphatic rings. The molecule has 5 nitrogen and oxygen atoms in total. The Morgan fingerprint density at radius 2 is 1.82 bits per heavy atom. The van der Waals surface area contributed by atoms with E-state index in [9.17, 15) is 9.59 Å². The number of carbonyl (C=O) groups excluding carboxylic acids is 1. The monoisotopic (exact) mass is 244 g/mol. The first-order valence-electron chi connectivity index (χ1n) is 5.87. The van der Waals surface area contributed by atoms with Crippen LogP contribution in [0.2, 0.25) is 0 Å². The van der Waals surface area contributed by atoms with Crippen LogP contribution in [0.4, 0.5) is 0 Å². The number of carboxylic acid groups (broad SMARTS) is 1. The molecule has 0 aromatic carbocycles. The van der Waals surface area contributed by atoms with E-state index in [0.717, 1.165) is 0 Å². The van der Waals surface area contributed by atoms with Crippen molar-refractivity contribution in [3.05, 3.63) is 0 Å². The molecule has 17 heavy (non-hydrogen) atoms. The lowest BCUT2D eigenvalue weighted by atomic mass is 9.87. The molecule has 5 heteroatoms. The van der Waals surface area contributed by atoms with Crippen molar-refractivity contribution in [3.8, 4) is 0 Å². The Labute approximate surface area is 103 Å². The largest absolute Gasteiger partial charge is 0.481 e. The molecule has 0 rings (SSSR count). The van der Waals surface area contributed by atoms with Gasteiger partial charge in [-0.25, -0.2) is 0 Å². The van der Waals surface area contributed by atoms with Crippen LogP contribution in [-0.4, -0.2) is 29.1 Å². The highest BCUT2D eigenvalue weighted by atomic mass is 16.4. The number of aliphatic carboxylic acids is 1. The number of hydrogen-bond acceptors (Lipinski definition) is 3. The van der Waals surface area contributed by atoms with Gasteiger partial charge in [-0.2, -0.15) is 0 Å². The Kier molecular flexibility index (Phi) is 6.16. The predicted molar refractivity (Wildman–Crippen MR) is 66.5 cm³/mol. The van der Waals surface area contributed by atoms with Crippen LogP contribution in [0.5, 0.6) is 0 Å². The third kappa shape index (κ3) is 9.81. The van der Waals surface area contributed by atoms with E-state index in [2.05, 4.69) is 5.32 Å². The van der Waals surface area contributed by atoms with Crippen molar-refractivity contribution in [2.45, 2.75) is 59.0 Å². The Morgan fingerprint density at radius 3 is 2.18 bits per heavy atom. The zero-order valence-electron chi connectivity index (χ0n) is 11.1. The van der Waals surface area contributed by atoms with Crippen LogP contribution in [0.15, 0.2) is 0 Å². The zero-order chi connectivity index (χ0) is 13.6. The van der Waals surface area contributed by atoms with Crippen molar-refractivity contribution >= 4 is 11.9 Å². The number of nitrogens with one attached hydrogen (secondary N) is 1. The van der Waals surface area contributed by atoms with Crippen molar-refractivity contribution in [3.63, 3.8) is 0 Å². The van der Waals surface area contributed by atoms with Gasteiger partial charge in [-0.3, -0.25) is 9.59 Å². The molecule has 2 unspecified atom stereocenters. The van der Waals surface area contributed by atoms with Gasteiger partial charge in [0, 0.05) is 18.5 Å². The topological polar surface area (TPSA) is 92.4 Å². The normalized spacial score (nSPS) is 15.1. The molecule has 0 saturated carbocycles. The fourth-order valence-electron chi connectivity index (χ4n) is 1.70. The summed E-state index contributed by atoms with van der Waals surface area (Å²) in [6.07, 6.45) is 0.798. The van der Waals surface area contributed by atoms with Gasteiger partial charge in [-0.1, -0.05) is 20.8 Å². The van der Waals surface area contributed by atoms with E-state index in [1.807, 2.05) is 20.8 Å². The van der Waals surface area contributed by atoms with E-state index >= 15 is 0 Å². The van der Waals surface area contributed by atoms with E-state index in [0.29, 0.717) is 6.42 Å². The van der Waals surface area contributed by atoms with Crippen LogP contribution in [0.3, 0.4) is 0 Å². The number of hydrogen-bond donors (Lipinski definition) is 3. The van der Waals surface area contributed by atoms with Gasteiger partial charge in [0.05, 0.1) is 6.42 Å². The first kappa shape index (κ1) is 15.9. The van der Waals surface area contributed by atoms with E-state index in [1.165, 1.54) is 0 Å². The van der Waals surface area contributed by atoms with Gasteiger partial charge in [0.1, 0.15) is 0 Å².